The van der Waals surface area contributed by atoms with E-state index in [-0.39, 0.29) is 23.1 Å². The highest BCUT2D eigenvalue weighted by molar-refractivity contribution is 5.97. The number of phenolic OH excluding ortho intramolecular Hbond substituents is 1. The molecule has 1 aromatic heterocycles. The zero-order valence-electron chi connectivity index (χ0n) is 32.6. The summed E-state index contributed by atoms with van der Waals surface area (Å²) in [7, 11) is 0. The molecule has 56 heavy (non-hydrogen) atoms. The van der Waals surface area contributed by atoms with Crippen LogP contribution in [-0.2, 0) is 21.4 Å². The first-order chi connectivity index (χ1) is 26.9. The fraction of sp³-hybridized carbons (Fsp3) is 0.326. The molecule has 0 aliphatic rings. The maximum atomic E-state index is 13.9. The minimum Gasteiger partial charge on any atom is -0.508 e. The van der Waals surface area contributed by atoms with Crippen molar-refractivity contribution in [1.82, 2.24) is 20.6 Å². The van der Waals surface area contributed by atoms with Gasteiger partial charge in [0.25, 0.3) is 5.91 Å². The van der Waals surface area contributed by atoms with Crippen LogP contribution >= 0.6 is 0 Å². The van der Waals surface area contributed by atoms with Crippen LogP contribution in [0, 0.1) is 0 Å². The highest BCUT2D eigenvalue weighted by Gasteiger charge is 2.28. The maximum absolute atomic E-state index is 13.9. The van der Waals surface area contributed by atoms with E-state index in [9.17, 15) is 24.6 Å². The Morgan fingerprint density at radius 2 is 1.39 bits per heavy atom. The number of hydrogen-bond acceptors (Lipinski definition) is 7. The highest BCUT2D eigenvalue weighted by Crippen LogP contribution is 2.28. The normalized spacial score (nSPS) is 12.4. The Kier molecular flexibility index (Phi) is 14.3. The Labute approximate surface area is 329 Å². The number of para-hydroxylation sites is 1. The molecule has 0 saturated carbocycles. The van der Waals surface area contributed by atoms with Gasteiger partial charge in [0, 0.05) is 41.1 Å². The molecule has 0 spiro atoms. The highest BCUT2D eigenvalue weighted by atomic mass is 16.5. The van der Waals surface area contributed by atoms with E-state index in [2.05, 4.69) is 48.3 Å². The first-order valence-corrected chi connectivity index (χ1v) is 19.3. The van der Waals surface area contributed by atoms with Gasteiger partial charge in [-0.05, 0) is 58.9 Å². The molecule has 4 aromatic carbocycles. The van der Waals surface area contributed by atoms with Crippen molar-refractivity contribution in [1.29, 1.82) is 0 Å². The summed E-state index contributed by atoms with van der Waals surface area (Å²) in [6.45, 7) is 9.17. The summed E-state index contributed by atoms with van der Waals surface area (Å²) in [5, 5.41) is 25.7. The van der Waals surface area contributed by atoms with Crippen LogP contribution in [-0.4, -0.2) is 50.6 Å². The third kappa shape index (κ3) is 11.7. The first kappa shape index (κ1) is 41.1. The molecule has 5 aromatic rings. The van der Waals surface area contributed by atoms with Crippen LogP contribution in [0.4, 0.5) is 0 Å². The van der Waals surface area contributed by atoms with Gasteiger partial charge in [0.1, 0.15) is 17.5 Å². The van der Waals surface area contributed by atoms with Gasteiger partial charge in [-0.1, -0.05) is 120 Å². The molecule has 0 radical (unpaired) electrons. The van der Waals surface area contributed by atoms with Crippen LogP contribution in [0.15, 0.2) is 109 Å². The van der Waals surface area contributed by atoms with E-state index in [1.807, 2.05) is 60.7 Å². The largest absolute Gasteiger partial charge is 0.508 e. The van der Waals surface area contributed by atoms with Crippen molar-refractivity contribution in [2.24, 2.45) is 0 Å². The van der Waals surface area contributed by atoms with Crippen LogP contribution in [0.2, 0.25) is 0 Å². The molecular formula is C46H52N4O6. The van der Waals surface area contributed by atoms with E-state index < -0.39 is 36.3 Å². The van der Waals surface area contributed by atoms with E-state index in [1.165, 1.54) is 31.7 Å². The number of aliphatic carboxylic acids is 1. The second-order valence-corrected chi connectivity index (χ2v) is 15.1. The number of nitrogens with zero attached hydrogens (tertiary/aromatic N) is 2. The van der Waals surface area contributed by atoms with Gasteiger partial charge in [0.2, 0.25) is 5.91 Å². The zero-order chi connectivity index (χ0) is 40.1. The molecule has 2 atom stereocenters. The van der Waals surface area contributed by atoms with Crippen molar-refractivity contribution in [2.75, 3.05) is 6.61 Å². The minimum atomic E-state index is -1.16. The summed E-state index contributed by atoms with van der Waals surface area (Å²) in [5.74, 6) is -0.974. The average Bonchev–Trinajstić information content (AvgIpc) is 3.19. The molecule has 1 heterocycles. The summed E-state index contributed by atoms with van der Waals surface area (Å²) in [5.41, 5.74) is 4.97. The van der Waals surface area contributed by atoms with Gasteiger partial charge in [0.15, 0.2) is 5.82 Å². The molecule has 292 valence electrons. The predicted molar refractivity (Wildman–Crippen MR) is 219 cm³/mol. The second kappa shape index (κ2) is 19.5. The Balaban J connectivity index is 1.29. The Hall–Kier alpha value is -6.03. The quantitative estimate of drug-likeness (QED) is 0.0648. The number of carboxylic acids is 1. The lowest BCUT2D eigenvalue weighted by Gasteiger charge is -2.24. The number of aromatic nitrogens is 2. The topological polar surface area (TPSA) is 151 Å². The fourth-order valence-electron chi connectivity index (χ4n) is 6.33. The van der Waals surface area contributed by atoms with Crippen LogP contribution in [0.5, 0.6) is 11.5 Å². The van der Waals surface area contributed by atoms with Crippen molar-refractivity contribution >= 4 is 17.8 Å². The first-order valence-electron chi connectivity index (χ1n) is 19.3. The number of carbonyl (C=O) groups excluding carboxylic acids is 2. The number of aromatic hydroxyl groups is 1. The van der Waals surface area contributed by atoms with E-state index in [0.717, 1.165) is 40.0 Å². The van der Waals surface area contributed by atoms with Crippen molar-refractivity contribution in [3.8, 4) is 34.0 Å². The van der Waals surface area contributed by atoms with Crippen LogP contribution in [0.3, 0.4) is 0 Å². The number of hydrogen-bond donors (Lipinski definition) is 4. The summed E-state index contributed by atoms with van der Waals surface area (Å²) in [6.07, 6.45) is 9.16. The third-order valence-electron chi connectivity index (χ3n) is 9.65. The van der Waals surface area contributed by atoms with Crippen molar-refractivity contribution < 1.29 is 29.3 Å². The van der Waals surface area contributed by atoms with Crippen LogP contribution in [0.1, 0.15) is 99.3 Å². The molecular weight excluding hydrogens is 705 g/mol. The molecule has 2 unspecified atom stereocenters. The molecule has 4 N–H and O–H groups in total. The predicted octanol–water partition coefficient (Wildman–Crippen LogP) is 8.84. The van der Waals surface area contributed by atoms with E-state index >= 15 is 0 Å². The van der Waals surface area contributed by atoms with Crippen molar-refractivity contribution in [3.05, 3.63) is 132 Å². The van der Waals surface area contributed by atoms with Crippen LogP contribution < -0.4 is 15.4 Å². The molecule has 10 heteroatoms. The van der Waals surface area contributed by atoms with Gasteiger partial charge >= 0.3 is 5.97 Å². The van der Waals surface area contributed by atoms with E-state index in [0.29, 0.717) is 18.0 Å². The molecule has 0 bridgehead atoms. The molecule has 2 amide bonds. The van der Waals surface area contributed by atoms with Crippen molar-refractivity contribution in [2.45, 2.75) is 90.1 Å². The monoisotopic (exact) mass is 756 g/mol. The number of benzene rings is 4. The number of amides is 2. The number of phenols is 1. The zero-order valence-corrected chi connectivity index (χ0v) is 32.6. The minimum absolute atomic E-state index is 0.104. The Bertz CT molecular complexity index is 2040. The van der Waals surface area contributed by atoms with Gasteiger partial charge in [0.05, 0.1) is 19.1 Å². The molecule has 0 saturated heterocycles. The standard InChI is InChI=1S/C46H52N4O6/c1-5-6-7-8-11-26-56-37-24-20-32(21-25-37)35-29-47-43(48-30-35)33-16-14-31(15-17-33)27-40(50-44(54)34-18-22-36(23-19-34)46(2,3)4)45(55)49-39(28-42(52)53)38-12-9-10-13-41(38)51/h9-10,12-25,29-30,39-40,51H,5-8,11,26-28H2,1-4H3,(H,49,55)(H,50,54)(H,52,53). The lowest BCUT2D eigenvalue weighted by atomic mass is 9.86. The molecule has 0 aliphatic heterocycles. The summed E-state index contributed by atoms with van der Waals surface area (Å²) in [4.78, 5) is 48.4. The number of rotatable bonds is 18. The van der Waals surface area contributed by atoms with Gasteiger partial charge in [-0.25, -0.2) is 9.97 Å². The third-order valence-corrected chi connectivity index (χ3v) is 9.65. The lowest BCUT2D eigenvalue weighted by molar-refractivity contribution is -0.137. The number of nitrogens with one attached hydrogen (secondary N) is 2. The summed E-state index contributed by atoms with van der Waals surface area (Å²) in [6, 6.07) is 26.7. The van der Waals surface area contributed by atoms with E-state index in [4.69, 9.17) is 4.74 Å². The molecule has 10 nitrogen and oxygen atoms in total. The van der Waals surface area contributed by atoms with Gasteiger partial charge in [-0.15, -0.1) is 0 Å². The fourth-order valence-corrected chi connectivity index (χ4v) is 6.33. The Morgan fingerprint density at radius 3 is 2.02 bits per heavy atom. The smallest absolute Gasteiger partial charge is 0.305 e. The average molecular weight is 757 g/mol. The molecule has 0 fully saturated rings. The molecule has 0 aliphatic carbocycles. The van der Waals surface area contributed by atoms with Gasteiger partial charge < -0.3 is 25.6 Å². The Morgan fingerprint density at radius 1 is 0.750 bits per heavy atom. The number of ether oxygens (including phenoxy) is 1. The van der Waals surface area contributed by atoms with Gasteiger partial charge in [-0.2, -0.15) is 0 Å². The van der Waals surface area contributed by atoms with E-state index in [1.54, 1.807) is 42.7 Å². The molecule has 5 rings (SSSR count). The second-order valence-electron chi connectivity index (χ2n) is 15.1. The summed E-state index contributed by atoms with van der Waals surface area (Å²) >= 11 is 0. The SMILES string of the molecule is CCCCCCCOc1ccc(-c2cnc(-c3ccc(CC(NC(=O)c4ccc(C(C)(C)C)cc4)C(=O)NC(CC(=O)O)c4ccccc4O)cc3)nc2)cc1. The van der Waals surface area contributed by atoms with Crippen molar-refractivity contribution in [3.63, 3.8) is 0 Å². The number of unbranched alkanes of at least 4 members (excludes halogenated alkanes) is 4. The summed E-state index contributed by atoms with van der Waals surface area (Å²) < 4.78 is 5.90. The van der Waals surface area contributed by atoms with Crippen LogP contribution in [0.25, 0.3) is 22.5 Å². The lowest BCUT2D eigenvalue weighted by Crippen LogP contribution is -2.49. The van der Waals surface area contributed by atoms with Gasteiger partial charge in [-0.3, -0.25) is 14.4 Å². The maximum Gasteiger partial charge on any atom is 0.305 e. The number of carbonyl (C=O) groups is 3. The number of carboxylic acid groups (broad SMARTS) is 1.